The summed E-state index contributed by atoms with van der Waals surface area (Å²) in [6.45, 7) is 6.13. The van der Waals surface area contributed by atoms with E-state index in [0.717, 1.165) is 18.5 Å². The second-order valence-electron chi connectivity index (χ2n) is 7.84. The number of hydrogen-bond acceptors (Lipinski definition) is 4. The van der Waals surface area contributed by atoms with Crippen LogP contribution in [0.2, 0.25) is 0 Å². The molecule has 1 fully saturated rings. The summed E-state index contributed by atoms with van der Waals surface area (Å²) < 4.78 is 1.77. The molecule has 150 valence electrons. The Kier molecular flexibility index (Phi) is 5.46. The van der Waals surface area contributed by atoms with Gasteiger partial charge < -0.3 is 5.32 Å². The van der Waals surface area contributed by atoms with Crippen molar-refractivity contribution in [2.24, 2.45) is 0 Å². The van der Waals surface area contributed by atoms with E-state index >= 15 is 0 Å². The molecule has 0 aliphatic heterocycles. The molecule has 2 aromatic carbocycles. The number of carbonyl (C=O) groups is 1. The standard InChI is InChI=1S/C23H25N3O2S/c1-14(2)16-8-10-17(11-9-16)24-21(27)15(3)29-23-25-20-7-5-4-6-19(20)22(28)26(23)18-12-13-18/h4-11,14-15,18H,12-13H2,1-3H3,(H,24,27)/t15-/m0/s1. The Labute approximate surface area is 174 Å². The van der Waals surface area contributed by atoms with Gasteiger partial charge in [-0.1, -0.05) is 49.9 Å². The molecule has 1 aliphatic rings. The van der Waals surface area contributed by atoms with Crippen LogP contribution < -0.4 is 10.9 Å². The molecule has 1 amide bonds. The molecule has 6 heteroatoms. The fourth-order valence-corrected chi connectivity index (χ4v) is 4.25. The number of rotatable bonds is 6. The van der Waals surface area contributed by atoms with E-state index in [2.05, 4.69) is 19.2 Å². The number of fused-ring (bicyclic) bond motifs is 1. The van der Waals surface area contributed by atoms with Gasteiger partial charge in [-0.25, -0.2) is 4.98 Å². The molecule has 3 aromatic rings. The SMILES string of the molecule is CC(C)c1ccc(NC(=O)[C@H](C)Sc2nc3ccccc3c(=O)n2C2CC2)cc1. The van der Waals surface area contributed by atoms with Crippen molar-refractivity contribution in [2.75, 3.05) is 5.32 Å². The lowest BCUT2D eigenvalue weighted by Gasteiger charge is -2.16. The van der Waals surface area contributed by atoms with Crippen molar-refractivity contribution in [3.05, 3.63) is 64.4 Å². The minimum absolute atomic E-state index is 0.0162. The normalized spacial score (nSPS) is 14.9. The summed E-state index contributed by atoms with van der Waals surface area (Å²) in [5, 5.41) is 3.84. The molecular formula is C23H25N3O2S. The Morgan fingerprint density at radius 1 is 1.10 bits per heavy atom. The van der Waals surface area contributed by atoms with E-state index in [0.29, 0.717) is 22.0 Å². The predicted octanol–water partition coefficient (Wildman–Crippen LogP) is 4.97. The van der Waals surface area contributed by atoms with E-state index in [4.69, 9.17) is 4.98 Å². The topological polar surface area (TPSA) is 64.0 Å². The van der Waals surface area contributed by atoms with E-state index < -0.39 is 0 Å². The van der Waals surface area contributed by atoms with Gasteiger partial charge in [-0.3, -0.25) is 14.2 Å². The number of thioether (sulfide) groups is 1. The second kappa shape index (κ2) is 8.03. The van der Waals surface area contributed by atoms with Crippen LogP contribution in [-0.2, 0) is 4.79 Å². The van der Waals surface area contributed by atoms with Crippen LogP contribution in [0.5, 0.6) is 0 Å². The minimum atomic E-state index is -0.377. The molecule has 1 atom stereocenters. The van der Waals surface area contributed by atoms with Gasteiger partial charge in [0.1, 0.15) is 0 Å². The number of amides is 1. The lowest BCUT2D eigenvalue weighted by atomic mass is 10.0. The molecule has 1 aromatic heterocycles. The number of nitrogens with zero attached hydrogens (tertiary/aromatic N) is 2. The average Bonchev–Trinajstić information content (AvgIpc) is 3.53. The Bertz CT molecular complexity index is 1100. The molecule has 1 aliphatic carbocycles. The van der Waals surface area contributed by atoms with E-state index in [1.807, 2.05) is 55.5 Å². The van der Waals surface area contributed by atoms with E-state index in [9.17, 15) is 9.59 Å². The Balaban J connectivity index is 1.55. The fraction of sp³-hybridized carbons (Fsp3) is 0.348. The summed E-state index contributed by atoms with van der Waals surface area (Å²) in [5.74, 6) is 0.351. The quantitative estimate of drug-likeness (QED) is 0.463. The van der Waals surface area contributed by atoms with Crippen molar-refractivity contribution in [3.63, 3.8) is 0 Å². The van der Waals surface area contributed by atoms with Crippen molar-refractivity contribution in [1.82, 2.24) is 9.55 Å². The summed E-state index contributed by atoms with van der Waals surface area (Å²) in [7, 11) is 0. The first-order chi connectivity index (χ1) is 13.9. The first-order valence-electron chi connectivity index (χ1n) is 10.0. The summed E-state index contributed by atoms with van der Waals surface area (Å²) in [4.78, 5) is 30.4. The van der Waals surface area contributed by atoms with Crippen molar-refractivity contribution in [1.29, 1.82) is 0 Å². The van der Waals surface area contributed by atoms with Gasteiger partial charge in [-0.15, -0.1) is 0 Å². The zero-order chi connectivity index (χ0) is 20.5. The third-order valence-corrected chi connectivity index (χ3v) is 6.25. The van der Waals surface area contributed by atoms with E-state index in [1.54, 1.807) is 4.57 Å². The van der Waals surface area contributed by atoms with Crippen LogP contribution in [0, 0.1) is 0 Å². The largest absolute Gasteiger partial charge is 0.325 e. The summed E-state index contributed by atoms with van der Waals surface area (Å²) in [5.41, 5.74) is 2.67. The lowest BCUT2D eigenvalue weighted by Crippen LogP contribution is -2.26. The number of hydrogen-bond donors (Lipinski definition) is 1. The molecule has 1 heterocycles. The fourth-order valence-electron chi connectivity index (χ4n) is 3.27. The predicted molar refractivity (Wildman–Crippen MR) is 119 cm³/mol. The molecule has 0 spiro atoms. The molecule has 1 N–H and O–H groups in total. The molecule has 0 saturated heterocycles. The van der Waals surface area contributed by atoms with E-state index in [-0.39, 0.29) is 22.8 Å². The maximum Gasteiger partial charge on any atom is 0.262 e. The van der Waals surface area contributed by atoms with Crippen LogP contribution in [0.1, 0.15) is 51.1 Å². The smallest absolute Gasteiger partial charge is 0.262 e. The third-order valence-electron chi connectivity index (χ3n) is 5.18. The molecule has 29 heavy (non-hydrogen) atoms. The zero-order valence-electron chi connectivity index (χ0n) is 16.9. The Morgan fingerprint density at radius 2 is 1.79 bits per heavy atom. The molecule has 5 nitrogen and oxygen atoms in total. The van der Waals surface area contributed by atoms with Gasteiger partial charge in [0.2, 0.25) is 5.91 Å². The number of carbonyl (C=O) groups excluding carboxylic acids is 1. The molecule has 0 bridgehead atoms. The van der Waals surface area contributed by atoms with Crippen LogP contribution in [0.15, 0.2) is 58.5 Å². The number of nitrogens with one attached hydrogen (secondary N) is 1. The number of aromatic nitrogens is 2. The monoisotopic (exact) mass is 407 g/mol. The number of anilines is 1. The van der Waals surface area contributed by atoms with Gasteiger partial charge in [0.05, 0.1) is 16.2 Å². The van der Waals surface area contributed by atoms with Crippen LogP contribution in [0.3, 0.4) is 0 Å². The minimum Gasteiger partial charge on any atom is -0.325 e. The van der Waals surface area contributed by atoms with Gasteiger partial charge in [0.15, 0.2) is 5.16 Å². The first-order valence-corrected chi connectivity index (χ1v) is 10.9. The van der Waals surface area contributed by atoms with Gasteiger partial charge >= 0.3 is 0 Å². The molecule has 0 unspecified atom stereocenters. The number of para-hydroxylation sites is 1. The number of benzene rings is 2. The maximum atomic E-state index is 13.0. The van der Waals surface area contributed by atoms with Crippen molar-refractivity contribution in [2.45, 2.75) is 56.0 Å². The summed E-state index contributed by atoms with van der Waals surface area (Å²) >= 11 is 1.34. The molecule has 1 saturated carbocycles. The van der Waals surface area contributed by atoms with Gasteiger partial charge in [0, 0.05) is 11.7 Å². The van der Waals surface area contributed by atoms with Crippen LogP contribution >= 0.6 is 11.8 Å². The lowest BCUT2D eigenvalue weighted by molar-refractivity contribution is -0.115. The van der Waals surface area contributed by atoms with Gasteiger partial charge in [0.25, 0.3) is 5.56 Å². The van der Waals surface area contributed by atoms with Crippen molar-refractivity contribution < 1.29 is 4.79 Å². The van der Waals surface area contributed by atoms with Gasteiger partial charge in [-0.2, -0.15) is 0 Å². The second-order valence-corrected chi connectivity index (χ2v) is 9.15. The Morgan fingerprint density at radius 3 is 2.45 bits per heavy atom. The Hall–Kier alpha value is -2.60. The maximum absolute atomic E-state index is 13.0. The van der Waals surface area contributed by atoms with Crippen molar-refractivity contribution in [3.8, 4) is 0 Å². The average molecular weight is 408 g/mol. The molecule has 0 radical (unpaired) electrons. The first kappa shape index (κ1) is 19.7. The summed E-state index contributed by atoms with van der Waals surface area (Å²) in [6, 6.07) is 15.5. The van der Waals surface area contributed by atoms with Gasteiger partial charge in [-0.05, 0) is 55.5 Å². The highest BCUT2D eigenvalue weighted by atomic mass is 32.2. The molecular weight excluding hydrogens is 382 g/mol. The highest BCUT2D eigenvalue weighted by Crippen LogP contribution is 2.37. The molecule has 4 rings (SSSR count). The van der Waals surface area contributed by atoms with Crippen LogP contribution in [0.4, 0.5) is 5.69 Å². The highest BCUT2D eigenvalue weighted by Gasteiger charge is 2.30. The van der Waals surface area contributed by atoms with Crippen LogP contribution in [0.25, 0.3) is 10.9 Å². The van der Waals surface area contributed by atoms with E-state index in [1.165, 1.54) is 17.3 Å². The van der Waals surface area contributed by atoms with Crippen molar-refractivity contribution >= 4 is 34.3 Å². The zero-order valence-corrected chi connectivity index (χ0v) is 17.7. The van der Waals surface area contributed by atoms with Crippen LogP contribution in [-0.4, -0.2) is 20.7 Å². The summed E-state index contributed by atoms with van der Waals surface area (Å²) in [6.07, 6.45) is 1.96. The third kappa shape index (κ3) is 4.22. The highest BCUT2D eigenvalue weighted by molar-refractivity contribution is 8.00.